The zero-order valence-corrected chi connectivity index (χ0v) is 15.3. The third kappa shape index (κ3) is 5.26. The number of anilines is 2. The Balaban J connectivity index is 1.98. The summed E-state index contributed by atoms with van der Waals surface area (Å²) in [6, 6.07) is 11.2. The number of fused-ring (bicyclic) bond motifs is 1. The third-order valence-corrected chi connectivity index (χ3v) is 4.08. The molecule has 0 aliphatic carbocycles. The number of aromatic nitrogens is 1. The van der Waals surface area contributed by atoms with Gasteiger partial charge in [-0.05, 0) is 30.3 Å². The summed E-state index contributed by atoms with van der Waals surface area (Å²) >= 11 is 6.09. The summed E-state index contributed by atoms with van der Waals surface area (Å²) in [4.78, 5) is 22.3. The van der Waals surface area contributed by atoms with Crippen molar-refractivity contribution in [2.45, 2.75) is 6.36 Å². The zero-order valence-electron chi connectivity index (χ0n) is 13.6. The standard InChI is InChI=1S/C16H11ClF3N2O5P/c17-11-3-1-2-9-4-7-14(22-15(9)11)21-12-6-5-10(26-16(18,19)20)8-13(12)27-28(23,24)25/h1-8H,(H,21,22)(H2,23,24,25). The van der Waals surface area contributed by atoms with Crippen molar-refractivity contribution >= 4 is 41.8 Å². The molecule has 28 heavy (non-hydrogen) atoms. The Morgan fingerprint density at radius 1 is 1.11 bits per heavy atom. The zero-order chi connectivity index (χ0) is 20.5. The monoisotopic (exact) mass is 434 g/mol. The molecule has 7 nitrogen and oxygen atoms in total. The second-order valence-electron chi connectivity index (χ2n) is 5.42. The van der Waals surface area contributed by atoms with Crippen molar-refractivity contribution in [2.75, 3.05) is 5.32 Å². The number of phosphoric acid groups is 1. The average molecular weight is 435 g/mol. The lowest BCUT2D eigenvalue weighted by Crippen LogP contribution is -2.17. The van der Waals surface area contributed by atoms with Crippen molar-refractivity contribution in [1.29, 1.82) is 0 Å². The van der Waals surface area contributed by atoms with E-state index in [0.717, 1.165) is 17.5 Å². The fraction of sp³-hybridized carbons (Fsp3) is 0.0625. The van der Waals surface area contributed by atoms with Gasteiger partial charge >= 0.3 is 14.2 Å². The molecule has 0 atom stereocenters. The second-order valence-corrected chi connectivity index (χ2v) is 6.99. The molecule has 1 aromatic heterocycles. The molecule has 12 heteroatoms. The number of halogens is 4. The largest absolute Gasteiger partial charge is 0.573 e. The summed E-state index contributed by atoms with van der Waals surface area (Å²) in [7, 11) is -5.06. The molecule has 1 heterocycles. The van der Waals surface area contributed by atoms with Crippen molar-refractivity contribution in [3.05, 3.63) is 53.6 Å². The minimum Gasteiger partial charge on any atom is -0.406 e. The maximum Gasteiger partial charge on any atom is 0.573 e. The van der Waals surface area contributed by atoms with Gasteiger partial charge in [0.15, 0.2) is 5.75 Å². The molecule has 0 fully saturated rings. The van der Waals surface area contributed by atoms with E-state index >= 15 is 0 Å². The molecule has 0 saturated heterocycles. The normalized spacial score (nSPS) is 12.1. The molecule has 3 aromatic rings. The number of hydrogen-bond acceptors (Lipinski definition) is 5. The topological polar surface area (TPSA) is 101 Å². The van der Waals surface area contributed by atoms with Crippen LogP contribution in [0.25, 0.3) is 10.9 Å². The number of alkyl halides is 3. The Hall–Kier alpha value is -2.52. The maximum atomic E-state index is 12.4. The number of hydrogen-bond donors (Lipinski definition) is 3. The van der Waals surface area contributed by atoms with E-state index < -0.39 is 25.7 Å². The van der Waals surface area contributed by atoms with Gasteiger partial charge in [0, 0.05) is 11.5 Å². The van der Waals surface area contributed by atoms with E-state index in [1.54, 1.807) is 30.3 Å². The van der Waals surface area contributed by atoms with E-state index in [-0.39, 0.29) is 11.5 Å². The van der Waals surface area contributed by atoms with Gasteiger partial charge in [-0.15, -0.1) is 13.2 Å². The molecule has 0 radical (unpaired) electrons. The predicted octanol–water partition coefficient (Wildman–Crippen LogP) is 5.00. The lowest BCUT2D eigenvalue weighted by molar-refractivity contribution is -0.274. The van der Waals surface area contributed by atoms with E-state index in [2.05, 4.69) is 19.6 Å². The molecule has 0 bridgehead atoms. The smallest absolute Gasteiger partial charge is 0.406 e. The van der Waals surface area contributed by atoms with E-state index in [1.165, 1.54) is 0 Å². The Morgan fingerprint density at radius 3 is 2.54 bits per heavy atom. The molecule has 0 saturated carbocycles. The second kappa shape index (κ2) is 7.48. The molecule has 0 unspecified atom stereocenters. The maximum absolute atomic E-state index is 12.4. The molecule has 3 N–H and O–H groups in total. The molecule has 2 aromatic carbocycles. The lowest BCUT2D eigenvalue weighted by atomic mass is 10.2. The SMILES string of the molecule is O=P(O)(O)Oc1cc(OC(F)(F)F)ccc1Nc1ccc2cccc(Cl)c2n1. The third-order valence-electron chi connectivity index (χ3n) is 3.34. The summed E-state index contributed by atoms with van der Waals surface area (Å²) in [5.41, 5.74) is 0.417. The number of rotatable bonds is 5. The van der Waals surface area contributed by atoms with Crippen molar-refractivity contribution in [3.63, 3.8) is 0 Å². The van der Waals surface area contributed by atoms with Crippen LogP contribution >= 0.6 is 19.4 Å². The van der Waals surface area contributed by atoms with Gasteiger partial charge in [-0.2, -0.15) is 0 Å². The van der Waals surface area contributed by atoms with E-state index in [4.69, 9.17) is 21.4 Å². The number of benzene rings is 2. The van der Waals surface area contributed by atoms with Crippen molar-refractivity contribution in [1.82, 2.24) is 4.98 Å². The number of nitrogens with zero attached hydrogens (tertiary/aromatic N) is 1. The van der Waals surface area contributed by atoms with Crippen LogP contribution < -0.4 is 14.6 Å². The van der Waals surface area contributed by atoms with Crippen molar-refractivity contribution < 1.29 is 36.8 Å². The van der Waals surface area contributed by atoms with Crippen molar-refractivity contribution in [3.8, 4) is 11.5 Å². The van der Waals surface area contributed by atoms with Crippen LogP contribution in [-0.2, 0) is 4.57 Å². The fourth-order valence-electron chi connectivity index (χ4n) is 2.33. The number of nitrogens with one attached hydrogen (secondary N) is 1. The minimum atomic E-state index is -5.06. The summed E-state index contributed by atoms with van der Waals surface area (Å²) in [6.45, 7) is 0. The van der Waals surface area contributed by atoms with Gasteiger partial charge in [0.25, 0.3) is 0 Å². The molecule has 0 amide bonds. The lowest BCUT2D eigenvalue weighted by Gasteiger charge is -2.16. The van der Waals surface area contributed by atoms with E-state index in [9.17, 15) is 17.7 Å². The summed E-state index contributed by atoms with van der Waals surface area (Å²) < 4.78 is 56.6. The van der Waals surface area contributed by atoms with Gasteiger partial charge in [0.2, 0.25) is 0 Å². The van der Waals surface area contributed by atoms with Crippen LogP contribution in [0.4, 0.5) is 24.7 Å². The Labute approximate surface area is 160 Å². The van der Waals surface area contributed by atoms with Gasteiger partial charge < -0.3 is 14.6 Å². The summed E-state index contributed by atoms with van der Waals surface area (Å²) in [6.07, 6.45) is -4.98. The van der Waals surface area contributed by atoms with Gasteiger partial charge in [0.1, 0.15) is 11.6 Å². The molecule has 0 aliphatic heterocycles. The summed E-state index contributed by atoms with van der Waals surface area (Å²) in [5, 5.41) is 3.86. The highest BCUT2D eigenvalue weighted by Gasteiger charge is 2.32. The molecule has 3 rings (SSSR count). The highest BCUT2D eigenvalue weighted by Crippen LogP contribution is 2.43. The van der Waals surface area contributed by atoms with Gasteiger partial charge in [-0.1, -0.05) is 23.7 Å². The van der Waals surface area contributed by atoms with Crippen LogP contribution in [0.15, 0.2) is 48.5 Å². The average Bonchev–Trinajstić information content (AvgIpc) is 2.55. The highest BCUT2D eigenvalue weighted by atomic mass is 35.5. The van der Waals surface area contributed by atoms with Crippen LogP contribution in [0.2, 0.25) is 5.02 Å². The van der Waals surface area contributed by atoms with Crippen LogP contribution in [0.3, 0.4) is 0 Å². The van der Waals surface area contributed by atoms with Gasteiger partial charge in [-0.25, -0.2) is 9.55 Å². The van der Waals surface area contributed by atoms with E-state index in [1.807, 2.05) is 0 Å². The minimum absolute atomic E-state index is 0.0447. The van der Waals surface area contributed by atoms with E-state index in [0.29, 0.717) is 16.6 Å². The molecule has 0 aliphatic rings. The summed E-state index contributed by atoms with van der Waals surface area (Å²) in [5.74, 6) is -1.05. The molecular weight excluding hydrogens is 424 g/mol. The molecule has 148 valence electrons. The molecule has 0 spiro atoms. The molecular formula is C16H11ClF3N2O5P. The number of pyridine rings is 1. The number of para-hydroxylation sites is 1. The Bertz CT molecular complexity index is 1070. The first-order valence-electron chi connectivity index (χ1n) is 7.47. The van der Waals surface area contributed by atoms with Gasteiger partial charge in [0.05, 0.1) is 16.2 Å². The first-order valence-corrected chi connectivity index (χ1v) is 9.38. The van der Waals surface area contributed by atoms with Gasteiger partial charge in [-0.3, -0.25) is 9.79 Å². The number of ether oxygens (including phenoxy) is 1. The Morgan fingerprint density at radius 2 is 1.86 bits per heavy atom. The number of phosphoric ester groups is 1. The van der Waals surface area contributed by atoms with Crippen LogP contribution in [0.1, 0.15) is 0 Å². The predicted molar refractivity (Wildman–Crippen MR) is 95.8 cm³/mol. The first kappa shape index (κ1) is 20.2. The van der Waals surface area contributed by atoms with Crippen molar-refractivity contribution in [2.24, 2.45) is 0 Å². The fourth-order valence-corrected chi connectivity index (χ4v) is 2.96. The van der Waals surface area contributed by atoms with Crippen LogP contribution in [0.5, 0.6) is 11.5 Å². The first-order chi connectivity index (χ1) is 13.0. The van der Waals surface area contributed by atoms with Crippen LogP contribution in [-0.4, -0.2) is 21.1 Å². The highest BCUT2D eigenvalue weighted by molar-refractivity contribution is 7.46. The quantitative estimate of drug-likeness (QED) is 0.486. The Kier molecular flexibility index (Phi) is 5.40. The van der Waals surface area contributed by atoms with Crippen LogP contribution in [0, 0.1) is 0 Å².